The zero-order valence-electron chi connectivity index (χ0n) is 6.88. The van der Waals surface area contributed by atoms with Crippen LogP contribution in [0.4, 0.5) is 0 Å². The summed E-state index contributed by atoms with van der Waals surface area (Å²) in [6.45, 7) is 3.55. The maximum atomic E-state index is 10.8. The Labute approximate surface area is 80.1 Å². The predicted molar refractivity (Wildman–Crippen MR) is 52.3 cm³/mol. The summed E-state index contributed by atoms with van der Waals surface area (Å²) in [7, 11) is -4.10. The van der Waals surface area contributed by atoms with Crippen molar-refractivity contribution in [3.05, 3.63) is 23.9 Å². The molecule has 0 aromatic carbocycles. The monoisotopic (exact) mass is 219 g/mol. The molecule has 0 aliphatic rings. The fourth-order valence-corrected chi connectivity index (χ4v) is 2.45. The molecule has 0 fully saturated rings. The van der Waals surface area contributed by atoms with E-state index in [-0.39, 0.29) is 4.62 Å². The van der Waals surface area contributed by atoms with E-state index in [4.69, 9.17) is 9.79 Å². The molecule has 0 unspecified atom stereocenters. The summed E-state index contributed by atoms with van der Waals surface area (Å²) in [5, 5.41) is 0.734. The molecule has 0 spiro atoms. The van der Waals surface area contributed by atoms with E-state index >= 15 is 0 Å². The summed E-state index contributed by atoms with van der Waals surface area (Å²) >= 11 is 1.06. The van der Waals surface area contributed by atoms with Crippen molar-refractivity contribution in [1.82, 2.24) is 4.98 Å². The molecule has 0 radical (unpaired) electrons. The number of aryl methyl sites for hydroxylation is 1. The van der Waals surface area contributed by atoms with Crippen molar-refractivity contribution in [3.8, 4) is 0 Å². The van der Waals surface area contributed by atoms with Gasteiger partial charge in [0.05, 0.1) is 11.2 Å². The normalized spacial score (nSPS) is 11.5. The summed E-state index contributed by atoms with van der Waals surface area (Å²) < 4.78 is 10.8. The maximum absolute atomic E-state index is 10.8. The fourth-order valence-electron chi connectivity index (χ4n) is 0.776. The molecule has 0 aliphatic heterocycles. The molecule has 13 heavy (non-hydrogen) atoms. The number of rotatable bonds is 4. The van der Waals surface area contributed by atoms with E-state index in [0.717, 1.165) is 22.8 Å². The first kappa shape index (κ1) is 10.6. The van der Waals surface area contributed by atoms with Crippen LogP contribution in [0.25, 0.3) is 0 Å². The molecule has 0 amide bonds. The van der Waals surface area contributed by atoms with E-state index in [1.54, 1.807) is 6.08 Å². The van der Waals surface area contributed by atoms with Gasteiger partial charge in [-0.25, -0.2) is 4.98 Å². The van der Waals surface area contributed by atoms with Crippen LogP contribution in [0.5, 0.6) is 0 Å². The highest BCUT2D eigenvalue weighted by Crippen LogP contribution is 2.35. The maximum Gasteiger partial charge on any atom is 0.367 e. The van der Waals surface area contributed by atoms with Gasteiger partial charge in [0, 0.05) is 6.42 Å². The Balaban J connectivity index is 2.75. The Morgan fingerprint density at radius 3 is 2.85 bits per heavy atom. The minimum atomic E-state index is -4.10. The Morgan fingerprint density at radius 2 is 2.38 bits per heavy atom. The molecule has 72 valence electrons. The average Bonchev–Trinajstić information content (AvgIpc) is 2.47. The molecule has 0 saturated carbocycles. The molecule has 0 saturated heterocycles. The molecule has 6 heteroatoms. The summed E-state index contributed by atoms with van der Waals surface area (Å²) in [5.41, 5.74) is 0. The van der Waals surface area contributed by atoms with Crippen LogP contribution in [0.3, 0.4) is 0 Å². The lowest BCUT2D eigenvalue weighted by Gasteiger charge is -1.95. The van der Waals surface area contributed by atoms with E-state index in [0.29, 0.717) is 6.42 Å². The largest absolute Gasteiger partial charge is 0.367 e. The molecule has 0 atom stereocenters. The minimum Gasteiger partial charge on any atom is -0.320 e. The van der Waals surface area contributed by atoms with Gasteiger partial charge < -0.3 is 9.79 Å². The van der Waals surface area contributed by atoms with Crippen LogP contribution in [0.2, 0.25) is 0 Å². The standard InChI is InChI=1S/C7H10NO3PS/c1-2-3-4-6-8-5-7(13-6)12(9,10)11/h2,5H,1,3-4H2,(H2,9,10,11). The molecule has 0 bridgehead atoms. The lowest BCUT2D eigenvalue weighted by molar-refractivity contribution is 0.388. The molecule has 1 aromatic rings. The van der Waals surface area contributed by atoms with Crippen LogP contribution in [0, 0.1) is 0 Å². The van der Waals surface area contributed by atoms with Gasteiger partial charge in [-0.1, -0.05) is 6.08 Å². The van der Waals surface area contributed by atoms with E-state index in [1.807, 2.05) is 0 Å². The minimum absolute atomic E-state index is 0.0339. The topological polar surface area (TPSA) is 70.4 Å². The van der Waals surface area contributed by atoms with Crippen LogP contribution >= 0.6 is 18.9 Å². The van der Waals surface area contributed by atoms with E-state index < -0.39 is 7.60 Å². The molecule has 2 N–H and O–H groups in total. The lowest BCUT2D eigenvalue weighted by Crippen LogP contribution is -1.95. The van der Waals surface area contributed by atoms with Crippen LogP contribution in [-0.2, 0) is 11.0 Å². The quantitative estimate of drug-likeness (QED) is 0.587. The summed E-state index contributed by atoms with van der Waals surface area (Å²) in [5.74, 6) is 0. The molecule has 1 aromatic heterocycles. The molecule has 4 nitrogen and oxygen atoms in total. The van der Waals surface area contributed by atoms with Crippen LogP contribution in [-0.4, -0.2) is 14.8 Å². The van der Waals surface area contributed by atoms with E-state index in [2.05, 4.69) is 11.6 Å². The van der Waals surface area contributed by atoms with Gasteiger partial charge >= 0.3 is 7.60 Å². The second-order valence-electron chi connectivity index (χ2n) is 2.46. The van der Waals surface area contributed by atoms with E-state index in [9.17, 15) is 4.57 Å². The first-order valence-electron chi connectivity index (χ1n) is 3.65. The number of allylic oxidation sites excluding steroid dienone is 1. The highest BCUT2D eigenvalue weighted by atomic mass is 32.1. The van der Waals surface area contributed by atoms with Gasteiger partial charge in [-0.3, -0.25) is 4.57 Å². The van der Waals surface area contributed by atoms with Crippen LogP contribution in [0.15, 0.2) is 18.9 Å². The first-order chi connectivity index (χ1) is 6.04. The SMILES string of the molecule is C=CCCc1ncc(P(=O)(O)O)s1. The Hall–Kier alpha value is -0.480. The third-order valence-electron chi connectivity index (χ3n) is 1.39. The van der Waals surface area contributed by atoms with Crippen molar-refractivity contribution in [2.45, 2.75) is 12.8 Å². The highest BCUT2D eigenvalue weighted by molar-refractivity contribution is 7.67. The summed E-state index contributed by atoms with van der Waals surface area (Å²) in [6.07, 6.45) is 4.45. The van der Waals surface area contributed by atoms with Gasteiger partial charge in [-0.05, 0) is 6.42 Å². The summed E-state index contributed by atoms with van der Waals surface area (Å²) in [6, 6.07) is 0. The number of hydrogen-bond donors (Lipinski definition) is 2. The van der Waals surface area contributed by atoms with Crippen molar-refractivity contribution in [2.75, 3.05) is 0 Å². The fraction of sp³-hybridized carbons (Fsp3) is 0.286. The first-order valence-corrected chi connectivity index (χ1v) is 6.08. The Kier molecular flexibility index (Phi) is 3.39. The number of thiazole rings is 1. The predicted octanol–water partition coefficient (Wildman–Crippen LogP) is 1.06. The third-order valence-corrected chi connectivity index (χ3v) is 3.93. The highest BCUT2D eigenvalue weighted by Gasteiger charge is 2.20. The lowest BCUT2D eigenvalue weighted by atomic mass is 10.3. The molecular weight excluding hydrogens is 209 g/mol. The van der Waals surface area contributed by atoms with Gasteiger partial charge in [0.15, 0.2) is 0 Å². The van der Waals surface area contributed by atoms with Gasteiger partial charge in [-0.2, -0.15) is 0 Å². The van der Waals surface area contributed by atoms with Crippen molar-refractivity contribution < 1.29 is 14.4 Å². The number of hydrogen-bond acceptors (Lipinski definition) is 3. The summed E-state index contributed by atoms with van der Waals surface area (Å²) in [4.78, 5) is 21.5. The van der Waals surface area contributed by atoms with Gasteiger partial charge in [0.1, 0.15) is 4.62 Å². The smallest absolute Gasteiger partial charge is 0.320 e. The van der Waals surface area contributed by atoms with Gasteiger partial charge in [-0.15, -0.1) is 17.9 Å². The number of nitrogens with zero attached hydrogens (tertiary/aromatic N) is 1. The second-order valence-corrected chi connectivity index (χ2v) is 5.45. The van der Waals surface area contributed by atoms with E-state index in [1.165, 1.54) is 6.20 Å². The van der Waals surface area contributed by atoms with Gasteiger partial charge in [0.25, 0.3) is 0 Å². The van der Waals surface area contributed by atoms with Gasteiger partial charge in [0.2, 0.25) is 0 Å². The van der Waals surface area contributed by atoms with Crippen LogP contribution < -0.4 is 4.62 Å². The second kappa shape index (κ2) is 4.15. The molecule has 0 aliphatic carbocycles. The van der Waals surface area contributed by atoms with Crippen LogP contribution in [0.1, 0.15) is 11.4 Å². The Bertz CT molecular complexity index is 343. The molecule has 1 heterocycles. The average molecular weight is 219 g/mol. The zero-order chi connectivity index (χ0) is 9.90. The van der Waals surface area contributed by atoms with Crippen molar-refractivity contribution in [1.29, 1.82) is 0 Å². The van der Waals surface area contributed by atoms with Crippen molar-refractivity contribution >= 4 is 23.6 Å². The van der Waals surface area contributed by atoms with Crippen molar-refractivity contribution in [2.24, 2.45) is 0 Å². The molecular formula is C7H10NO3PS. The molecule has 1 rings (SSSR count). The third kappa shape index (κ3) is 3.04. The zero-order valence-corrected chi connectivity index (χ0v) is 8.59. The van der Waals surface area contributed by atoms with Crippen molar-refractivity contribution in [3.63, 3.8) is 0 Å². The number of aromatic nitrogens is 1. The Morgan fingerprint density at radius 1 is 1.69 bits per heavy atom.